The Labute approximate surface area is 177 Å². The highest BCUT2D eigenvalue weighted by Gasteiger charge is 2.22. The molecule has 0 fully saturated rings. The average molecular weight is 431 g/mol. The van der Waals surface area contributed by atoms with Crippen molar-refractivity contribution in [2.24, 2.45) is 5.92 Å². The lowest BCUT2D eigenvalue weighted by Crippen LogP contribution is -2.14. The van der Waals surface area contributed by atoms with E-state index in [-0.39, 0.29) is 11.7 Å². The van der Waals surface area contributed by atoms with Gasteiger partial charge in [0.1, 0.15) is 5.75 Å². The second-order valence-corrected chi connectivity index (χ2v) is 8.85. The molecule has 1 amide bonds. The second kappa shape index (κ2) is 8.96. The third-order valence-corrected chi connectivity index (χ3v) is 6.79. The Bertz CT molecular complexity index is 984. The monoisotopic (exact) mass is 430 g/mol. The normalized spacial score (nSPS) is 15.7. The molecule has 152 valence electrons. The number of thiazole rings is 1. The van der Waals surface area contributed by atoms with Gasteiger partial charge in [-0.15, -0.1) is 21.5 Å². The Kier molecular flexibility index (Phi) is 6.15. The maximum Gasteiger partial charge on any atom is 0.277 e. The fourth-order valence-electron chi connectivity index (χ4n) is 3.25. The molecule has 7 nitrogen and oxygen atoms in total. The minimum absolute atomic E-state index is 0.127. The van der Waals surface area contributed by atoms with Crippen LogP contribution in [-0.2, 0) is 17.6 Å². The lowest BCUT2D eigenvalue weighted by molar-refractivity contribution is -0.113. The molecule has 1 atom stereocenters. The molecular formula is C20H22N4O3S2. The maximum atomic E-state index is 12.3. The highest BCUT2D eigenvalue weighted by molar-refractivity contribution is 7.99. The molecule has 1 unspecified atom stereocenters. The van der Waals surface area contributed by atoms with Crippen molar-refractivity contribution in [3.05, 3.63) is 34.8 Å². The van der Waals surface area contributed by atoms with Gasteiger partial charge in [0.15, 0.2) is 5.13 Å². The van der Waals surface area contributed by atoms with E-state index in [4.69, 9.17) is 9.15 Å². The zero-order chi connectivity index (χ0) is 20.2. The Balaban J connectivity index is 1.31. The standard InChI is InChI=1S/C20H22N4O3S2/c1-3-12-4-9-15-16(10-12)29-19(21-15)22-17(25)11-28-20-24-23-18(27-20)13-5-7-14(26-2)8-6-13/h5-8,12H,3-4,9-11H2,1-2H3,(H,21,22,25). The van der Waals surface area contributed by atoms with E-state index in [1.165, 1.54) is 29.5 Å². The summed E-state index contributed by atoms with van der Waals surface area (Å²) in [5.41, 5.74) is 1.94. The number of aryl methyl sites for hydroxylation is 1. The van der Waals surface area contributed by atoms with Crippen LogP contribution >= 0.6 is 23.1 Å². The van der Waals surface area contributed by atoms with Crippen LogP contribution < -0.4 is 10.1 Å². The third kappa shape index (κ3) is 4.79. The average Bonchev–Trinajstić information content (AvgIpc) is 3.38. The van der Waals surface area contributed by atoms with Crippen LogP contribution in [-0.4, -0.2) is 34.0 Å². The Morgan fingerprint density at radius 2 is 2.17 bits per heavy atom. The van der Waals surface area contributed by atoms with E-state index >= 15 is 0 Å². The van der Waals surface area contributed by atoms with Crippen LogP contribution in [0.1, 0.15) is 30.3 Å². The molecule has 0 aliphatic heterocycles. The first-order valence-corrected chi connectivity index (χ1v) is 11.3. The van der Waals surface area contributed by atoms with Crippen molar-refractivity contribution in [3.63, 3.8) is 0 Å². The zero-order valence-electron chi connectivity index (χ0n) is 16.3. The van der Waals surface area contributed by atoms with Gasteiger partial charge in [-0.3, -0.25) is 4.79 Å². The minimum atomic E-state index is -0.127. The lowest BCUT2D eigenvalue weighted by atomic mass is 9.89. The van der Waals surface area contributed by atoms with Gasteiger partial charge >= 0.3 is 0 Å². The van der Waals surface area contributed by atoms with Crippen LogP contribution in [0.5, 0.6) is 5.75 Å². The number of anilines is 1. The number of aromatic nitrogens is 3. The number of nitrogens with zero attached hydrogens (tertiary/aromatic N) is 3. The lowest BCUT2D eigenvalue weighted by Gasteiger charge is -2.18. The highest BCUT2D eigenvalue weighted by Crippen LogP contribution is 2.33. The summed E-state index contributed by atoms with van der Waals surface area (Å²) < 4.78 is 10.8. The molecule has 9 heteroatoms. The molecule has 1 N–H and O–H groups in total. The molecular weight excluding hydrogens is 408 g/mol. The number of fused-ring (bicyclic) bond motifs is 1. The number of ether oxygens (including phenoxy) is 1. The number of thioether (sulfide) groups is 1. The van der Waals surface area contributed by atoms with Crippen molar-refractivity contribution in [3.8, 4) is 17.2 Å². The summed E-state index contributed by atoms with van der Waals surface area (Å²) in [7, 11) is 1.62. The SMILES string of the molecule is CCC1CCc2nc(NC(=O)CSc3nnc(-c4ccc(OC)cc4)o3)sc2C1. The Morgan fingerprint density at radius 3 is 2.93 bits per heavy atom. The van der Waals surface area contributed by atoms with Crippen molar-refractivity contribution < 1.29 is 13.9 Å². The van der Waals surface area contributed by atoms with Crippen LogP contribution in [0.2, 0.25) is 0 Å². The van der Waals surface area contributed by atoms with Gasteiger partial charge < -0.3 is 14.5 Å². The van der Waals surface area contributed by atoms with Gasteiger partial charge in [-0.2, -0.15) is 0 Å². The minimum Gasteiger partial charge on any atom is -0.497 e. The Hall–Kier alpha value is -2.39. The predicted molar refractivity (Wildman–Crippen MR) is 114 cm³/mol. The highest BCUT2D eigenvalue weighted by atomic mass is 32.2. The summed E-state index contributed by atoms with van der Waals surface area (Å²) in [6.07, 6.45) is 4.46. The summed E-state index contributed by atoms with van der Waals surface area (Å²) in [5.74, 6) is 1.96. The van der Waals surface area contributed by atoms with Gasteiger partial charge in [-0.1, -0.05) is 25.1 Å². The van der Waals surface area contributed by atoms with E-state index in [0.717, 1.165) is 35.8 Å². The summed E-state index contributed by atoms with van der Waals surface area (Å²) in [5, 5.41) is 12.0. The van der Waals surface area contributed by atoms with Gasteiger partial charge in [-0.25, -0.2) is 4.98 Å². The number of hydrogen-bond acceptors (Lipinski definition) is 8. The largest absolute Gasteiger partial charge is 0.497 e. The number of carbonyl (C=O) groups is 1. The molecule has 0 saturated heterocycles. The van der Waals surface area contributed by atoms with Gasteiger partial charge in [0.2, 0.25) is 11.8 Å². The van der Waals surface area contributed by atoms with Crippen LogP contribution in [0.3, 0.4) is 0 Å². The van der Waals surface area contributed by atoms with Gasteiger partial charge in [0.05, 0.1) is 18.6 Å². The molecule has 0 bridgehead atoms. The number of benzene rings is 1. The molecule has 1 aromatic carbocycles. The number of hydrogen-bond donors (Lipinski definition) is 1. The summed E-state index contributed by atoms with van der Waals surface area (Å²) >= 11 is 2.80. The van der Waals surface area contributed by atoms with Crippen molar-refractivity contribution in [1.82, 2.24) is 15.2 Å². The Morgan fingerprint density at radius 1 is 1.34 bits per heavy atom. The van der Waals surface area contributed by atoms with Crippen LogP contribution in [0.25, 0.3) is 11.5 Å². The first kappa shape index (κ1) is 19.9. The number of carbonyl (C=O) groups excluding carboxylic acids is 1. The molecule has 1 aliphatic carbocycles. The molecule has 2 aromatic heterocycles. The molecule has 29 heavy (non-hydrogen) atoms. The van der Waals surface area contributed by atoms with E-state index < -0.39 is 0 Å². The molecule has 0 spiro atoms. The van der Waals surface area contributed by atoms with Gasteiger partial charge in [-0.05, 0) is 49.4 Å². The number of amides is 1. The summed E-state index contributed by atoms with van der Waals surface area (Å²) in [6.45, 7) is 2.23. The molecule has 0 radical (unpaired) electrons. The van der Waals surface area contributed by atoms with Crippen molar-refractivity contribution in [2.45, 2.75) is 37.8 Å². The van der Waals surface area contributed by atoms with Crippen molar-refractivity contribution in [1.29, 1.82) is 0 Å². The van der Waals surface area contributed by atoms with E-state index in [0.29, 0.717) is 16.2 Å². The fraction of sp³-hybridized carbons (Fsp3) is 0.400. The van der Waals surface area contributed by atoms with Crippen LogP contribution in [0.15, 0.2) is 33.9 Å². The van der Waals surface area contributed by atoms with Gasteiger partial charge in [0, 0.05) is 10.4 Å². The van der Waals surface area contributed by atoms with E-state index in [2.05, 4.69) is 27.4 Å². The second-order valence-electron chi connectivity index (χ2n) is 6.84. The summed E-state index contributed by atoms with van der Waals surface area (Å²) in [4.78, 5) is 18.2. The molecule has 0 saturated carbocycles. The number of rotatable bonds is 7. The van der Waals surface area contributed by atoms with E-state index in [1.54, 1.807) is 18.4 Å². The first-order valence-electron chi connectivity index (χ1n) is 9.53. The fourth-order valence-corrected chi connectivity index (χ4v) is 4.95. The van der Waals surface area contributed by atoms with Crippen LogP contribution in [0, 0.1) is 5.92 Å². The van der Waals surface area contributed by atoms with Crippen molar-refractivity contribution in [2.75, 3.05) is 18.2 Å². The third-order valence-electron chi connectivity index (χ3n) is 4.94. The van der Waals surface area contributed by atoms with E-state index in [1.807, 2.05) is 24.3 Å². The van der Waals surface area contributed by atoms with E-state index in [9.17, 15) is 4.79 Å². The first-order chi connectivity index (χ1) is 14.1. The quantitative estimate of drug-likeness (QED) is 0.554. The smallest absolute Gasteiger partial charge is 0.277 e. The molecule has 2 heterocycles. The predicted octanol–water partition coefficient (Wildman–Crippen LogP) is 4.45. The van der Waals surface area contributed by atoms with Gasteiger partial charge in [0.25, 0.3) is 5.22 Å². The summed E-state index contributed by atoms with van der Waals surface area (Å²) in [6, 6.07) is 7.36. The zero-order valence-corrected chi connectivity index (χ0v) is 17.9. The van der Waals surface area contributed by atoms with Crippen LogP contribution in [0.4, 0.5) is 5.13 Å². The molecule has 4 rings (SSSR count). The topological polar surface area (TPSA) is 90.1 Å². The molecule has 1 aliphatic rings. The number of nitrogens with one attached hydrogen (secondary N) is 1. The molecule has 3 aromatic rings. The van der Waals surface area contributed by atoms with Crippen molar-refractivity contribution >= 4 is 34.1 Å². The number of methoxy groups -OCH3 is 1. The maximum absolute atomic E-state index is 12.3.